The number of rotatable bonds is 2. The van der Waals surface area contributed by atoms with E-state index in [1.54, 1.807) is 18.2 Å². The maximum absolute atomic E-state index is 12.1. The largest absolute Gasteiger partial charge is 0.288 e. The van der Waals surface area contributed by atoms with Crippen LogP contribution in [0, 0.1) is 0 Å². The lowest BCUT2D eigenvalue weighted by Gasteiger charge is -2.02. The molecule has 0 N–H and O–H groups in total. The van der Waals surface area contributed by atoms with Crippen LogP contribution in [0.25, 0.3) is 0 Å². The van der Waals surface area contributed by atoms with Gasteiger partial charge in [-0.2, -0.15) is 0 Å². The lowest BCUT2D eigenvalue weighted by atomic mass is 10.1. The van der Waals surface area contributed by atoms with Gasteiger partial charge in [0.05, 0.1) is 9.21 Å². The van der Waals surface area contributed by atoms with Gasteiger partial charge in [0.2, 0.25) is 5.78 Å². The van der Waals surface area contributed by atoms with Crippen molar-refractivity contribution in [1.82, 2.24) is 0 Å². The fraction of sp³-hybridized carbons (Fsp3) is 0. The van der Waals surface area contributed by atoms with E-state index in [9.17, 15) is 4.79 Å². The Balaban J connectivity index is 2.41. The Hall–Kier alpha value is -0.160. The highest BCUT2D eigenvalue weighted by Gasteiger charge is 2.14. The van der Waals surface area contributed by atoms with Crippen LogP contribution in [0.2, 0.25) is 4.34 Å². The molecule has 5 heteroatoms. The summed E-state index contributed by atoms with van der Waals surface area (Å²) < 4.78 is 2.33. The molecule has 0 bridgehead atoms. The molecule has 0 saturated carbocycles. The standard InChI is InChI=1S/C11H5Br2ClOS/c12-6-1-2-7(8(13)5-6)11(15)9-3-4-10(14)16-9/h1-5H. The summed E-state index contributed by atoms with van der Waals surface area (Å²) in [6.07, 6.45) is 0. The second-order valence-corrected chi connectivity index (χ2v) is 6.54. The van der Waals surface area contributed by atoms with E-state index in [1.807, 2.05) is 12.1 Å². The van der Waals surface area contributed by atoms with Crippen molar-refractivity contribution in [3.05, 3.63) is 54.1 Å². The molecule has 0 fully saturated rings. The first-order valence-electron chi connectivity index (χ1n) is 4.33. The van der Waals surface area contributed by atoms with Crippen LogP contribution in [-0.4, -0.2) is 5.78 Å². The van der Waals surface area contributed by atoms with Gasteiger partial charge in [0.1, 0.15) is 0 Å². The predicted octanol–water partition coefficient (Wildman–Crippen LogP) is 5.16. The average Bonchev–Trinajstić information content (AvgIpc) is 2.64. The first-order chi connectivity index (χ1) is 7.58. The highest BCUT2D eigenvalue weighted by atomic mass is 79.9. The van der Waals surface area contributed by atoms with E-state index >= 15 is 0 Å². The molecule has 0 unspecified atom stereocenters. The first-order valence-corrected chi connectivity index (χ1v) is 7.11. The van der Waals surface area contributed by atoms with Gasteiger partial charge in [-0.05, 0) is 46.3 Å². The van der Waals surface area contributed by atoms with Gasteiger partial charge >= 0.3 is 0 Å². The number of hydrogen-bond acceptors (Lipinski definition) is 2. The van der Waals surface area contributed by atoms with Gasteiger partial charge < -0.3 is 0 Å². The molecule has 0 aliphatic rings. The quantitative estimate of drug-likeness (QED) is 0.658. The molecule has 0 aliphatic carbocycles. The summed E-state index contributed by atoms with van der Waals surface area (Å²) in [5.74, 6) is -0.0173. The monoisotopic (exact) mass is 378 g/mol. The molecule has 1 nitrogen and oxygen atoms in total. The molecule has 1 aromatic carbocycles. The Morgan fingerprint density at radius 1 is 1.19 bits per heavy atom. The van der Waals surface area contributed by atoms with Crippen LogP contribution in [0.1, 0.15) is 15.2 Å². The zero-order chi connectivity index (χ0) is 11.7. The zero-order valence-corrected chi connectivity index (χ0v) is 12.6. The van der Waals surface area contributed by atoms with Crippen LogP contribution in [0.4, 0.5) is 0 Å². The molecule has 82 valence electrons. The SMILES string of the molecule is O=C(c1ccc(Cl)s1)c1ccc(Br)cc1Br. The summed E-state index contributed by atoms with van der Waals surface area (Å²) in [5.41, 5.74) is 0.640. The van der Waals surface area contributed by atoms with Crippen molar-refractivity contribution in [2.24, 2.45) is 0 Å². The van der Waals surface area contributed by atoms with Crippen molar-refractivity contribution in [2.45, 2.75) is 0 Å². The fourth-order valence-electron chi connectivity index (χ4n) is 1.24. The maximum Gasteiger partial charge on any atom is 0.204 e. The summed E-state index contributed by atoms with van der Waals surface area (Å²) in [6.45, 7) is 0. The molecule has 16 heavy (non-hydrogen) atoms. The number of halogens is 3. The maximum atomic E-state index is 12.1. The Bertz CT molecular complexity index is 551. The van der Waals surface area contributed by atoms with E-state index in [2.05, 4.69) is 31.9 Å². The van der Waals surface area contributed by atoms with E-state index in [0.29, 0.717) is 14.8 Å². The molecule has 1 aromatic heterocycles. The third-order valence-corrected chi connectivity index (χ3v) is 4.35. The van der Waals surface area contributed by atoms with Crippen LogP contribution in [0.3, 0.4) is 0 Å². The summed E-state index contributed by atoms with van der Waals surface area (Å²) in [6, 6.07) is 8.94. The van der Waals surface area contributed by atoms with Crippen molar-refractivity contribution < 1.29 is 4.79 Å². The molecule has 0 amide bonds. The number of benzene rings is 1. The van der Waals surface area contributed by atoms with Crippen molar-refractivity contribution in [2.75, 3.05) is 0 Å². The molecule has 0 radical (unpaired) electrons. The van der Waals surface area contributed by atoms with Crippen molar-refractivity contribution >= 4 is 60.6 Å². The molecular weight excluding hydrogens is 375 g/mol. The molecule has 1 heterocycles. The average molecular weight is 380 g/mol. The second-order valence-electron chi connectivity index (χ2n) is 3.06. The topological polar surface area (TPSA) is 17.1 Å². The Morgan fingerprint density at radius 3 is 2.50 bits per heavy atom. The number of thiophene rings is 1. The number of carbonyl (C=O) groups is 1. The van der Waals surface area contributed by atoms with Crippen LogP contribution < -0.4 is 0 Å². The fourth-order valence-corrected chi connectivity index (χ4v) is 3.47. The van der Waals surface area contributed by atoms with Crippen LogP contribution >= 0.6 is 54.8 Å². The Kier molecular flexibility index (Phi) is 3.85. The smallest absolute Gasteiger partial charge is 0.204 e. The lowest BCUT2D eigenvalue weighted by Crippen LogP contribution is -1.99. The van der Waals surface area contributed by atoms with Crippen LogP contribution in [0.15, 0.2) is 39.3 Å². The molecule has 2 aromatic rings. The number of carbonyl (C=O) groups excluding carboxylic acids is 1. The van der Waals surface area contributed by atoms with Gasteiger partial charge in [-0.3, -0.25) is 4.79 Å². The van der Waals surface area contributed by atoms with Crippen molar-refractivity contribution in [3.63, 3.8) is 0 Å². The van der Waals surface area contributed by atoms with Gasteiger partial charge in [0.15, 0.2) is 0 Å². The second kappa shape index (κ2) is 5.00. The molecule has 0 spiro atoms. The van der Waals surface area contributed by atoms with E-state index < -0.39 is 0 Å². The minimum Gasteiger partial charge on any atom is -0.288 e. The third kappa shape index (κ3) is 2.56. The summed E-state index contributed by atoms with van der Waals surface area (Å²) >= 11 is 13.8. The first kappa shape index (κ1) is 12.3. The molecule has 0 saturated heterocycles. The highest BCUT2D eigenvalue weighted by molar-refractivity contribution is 9.11. The van der Waals surface area contributed by atoms with Crippen LogP contribution in [-0.2, 0) is 0 Å². The summed E-state index contributed by atoms with van der Waals surface area (Å²) in [7, 11) is 0. The van der Waals surface area contributed by atoms with E-state index in [-0.39, 0.29) is 5.78 Å². The summed E-state index contributed by atoms with van der Waals surface area (Å²) in [5, 5.41) is 0. The summed E-state index contributed by atoms with van der Waals surface area (Å²) in [4.78, 5) is 12.7. The molecular formula is C11H5Br2ClOS. The van der Waals surface area contributed by atoms with Gasteiger partial charge in [-0.1, -0.05) is 27.5 Å². The minimum absolute atomic E-state index is 0.0173. The molecule has 0 aliphatic heterocycles. The lowest BCUT2D eigenvalue weighted by molar-refractivity contribution is 0.104. The normalized spacial score (nSPS) is 10.4. The molecule has 2 rings (SSSR count). The van der Waals surface area contributed by atoms with E-state index in [4.69, 9.17) is 11.6 Å². The van der Waals surface area contributed by atoms with Gasteiger partial charge in [0, 0.05) is 14.5 Å². The van der Waals surface area contributed by atoms with E-state index in [0.717, 1.165) is 8.95 Å². The third-order valence-electron chi connectivity index (χ3n) is 1.97. The van der Waals surface area contributed by atoms with Crippen molar-refractivity contribution in [3.8, 4) is 0 Å². The van der Waals surface area contributed by atoms with Gasteiger partial charge in [-0.15, -0.1) is 11.3 Å². The highest BCUT2D eigenvalue weighted by Crippen LogP contribution is 2.28. The Morgan fingerprint density at radius 2 is 1.94 bits per heavy atom. The van der Waals surface area contributed by atoms with E-state index in [1.165, 1.54) is 11.3 Å². The molecule has 0 atom stereocenters. The predicted molar refractivity (Wildman–Crippen MR) is 74.6 cm³/mol. The Labute approximate surface area is 119 Å². The number of hydrogen-bond donors (Lipinski definition) is 0. The minimum atomic E-state index is -0.0173. The van der Waals surface area contributed by atoms with Gasteiger partial charge in [-0.25, -0.2) is 0 Å². The van der Waals surface area contributed by atoms with Crippen molar-refractivity contribution in [1.29, 1.82) is 0 Å². The van der Waals surface area contributed by atoms with Crippen LogP contribution in [0.5, 0.6) is 0 Å². The number of ketones is 1. The zero-order valence-electron chi connectivity index (χ0n) is 7.84. The van der Waals surface area contributed by atoms with Gasteiger partial charge in [0.25, 0.3) is 0 Å².